The fraction of sp³-hybridized carbons (Fsp3) is 0.500. The number of amides is 1. The third kappa shape index (κ3) is 4.52. The topological polar surface area (TPSA) is 92.5 Å². The maximum atomic E-state index is 11.8. The van der Waals surface area contributed by atoms with E-state index in [9.17, 15) is 13.2 Å². The summed E-state index contributed by atoms with van der Waals surface area (Å²) in [5.41, 5.74) is 6.88. The van der Waals surface area contributed by atoms with E-state index in [1.54, 1.807) is 0 Å². The lowest BCUT2D eigenvalue weighted by Crippen LogP contribution is -2.36. The van der Waals surface area contributed by atoms with Crippen molar-refractivity contribution >= 4 is 15.9 Å². The average molecular weight is 311 g/mol. The summed E-state index contributed by atoms with van der Waals surface area (Å²) in [5.74, 6) is 0.0442. The van der Waals surface area contributed by atoms with Crippen LogP contribution in [0.5, 0.6) is 0 Å². The summed E-state index contributed by atoms with van der Waals surface area (Å²) < 4.78 is 24.6. The van der Waals surface area contributed by atoms with E-state index in [0.717, 1.165) is 5.56 Å². The molecular formula is C14H21N3O3S. The summed E-state index contributed by atoms with van der Waals surface area (Å²) in [5, 5.41) is 2.72. The van der Waals surface area contributed by atoms with Gasteiger partial charge in [-0.05, 0) is 12.0 Å². The summed E-state index contributed by atoms with van der Waals surface area (Å²) in [6, 6.07) is 9.08. The lowest BCUT2D eigenvalue weighted by Gasteiger charge is -2.15. The summed E-state index contributed by atoms with van der Waals surface area (Å²) >= 11 is 0. The van der Waals surface area contributed by atoms with Gasteiger partial charge in [0.15, 0.2) is 0 Å². The summed E-state index contributed by atoms with van der Waals surface area (Å²) in [4.78, 5) is 11.8. The molecule has 116 valence electrons. The first-order valence-corrected chi connectivity index (χ1v) is 8.65. The molecule has 0 bridgehead atoms. The molecule has 1 amide bonds. The number of nitrogens with two attached hydrogens (primary N) is 1. The highest BCUT2D eigenvalue weighted by Gasteiger charge is 2.27. The van der Waals surface area contributed by atoms with E-state index in [2.05, 4.69) is 5.32 Å². The molecule has 1 saturated heterocycles. The second-order valence-corrected chi connectivity index (χ2v) is 7.23. The molecule has 0 saturated carbocycles. The van der Waals surface area contributed by atoms with Gasteiger partial charge in [-0.15, -0.1) is 0 Å². The van der Waals surface area contributed by atoms with Crippen molar-refractivity contribution in [3.8, 4) is 0 Å². The van der Waals surface area contributed by atoms with Crippen LogP contribution in [0.1, 0.15) is 24.4 Å². The van der Waals surface area contributed by atoms with E-state index in [0.29, 0.717) is 26.1 Å². The van der Waals surface area contributed by atoms with E-state index in [1.807, 2.05) is 30.3 Å². The molecule has 2 rings (SSSR count). The minimum atomic E-state index is -3.09. The fourth-order valence-electron chi connectivity index (χ4n) is 2.35. The number of hydrogen-bond donors (Lipinski definition) is 2. The van der Waals surface area contributed by atoms with Crippen LogP contribution in [0.25, 0.3) is 0 Å². The highest BCUT2D eigenvalue weighted by Crippen LogP contribution is 2.13. The molecule has 1 unspecified atom stereocenters. The van der Waals surface area contributed by atoms with Crippen LogP contribution >= 0.6 is 0 Å². The Labute approximate surface area is 125 Å². The molecule has 1 fully saturated rings. The van der Waals surface area contributed by atoms with Crippen molar-refractivity contribution in [2.45, 2.75) is 18.9 Å². The maximum Gasteiger partial charge on any atom is 0.221 e. The van der Waals surface area contributed by atoms with Gasteiger partial charge < -0.3 is 11.1 Å². The van der Waals surface area contributed by atoms with Crippen molar-refractivity contribution < 1.29 is 13.2 Å². The van der Waals surface area contributed by atoms with Crippen molar-refractivity contribution in [2.24, 2.45) is 5.73 Å². The van der Waals surface area contributed by atoms with Crippen LogP contribution in [-0.2, 0) is 14.8 Å². The quantitative estimate of drug-likeness (QED) is 0.786. The van der Waals surface area contributed by atoms with Crippen molar-refractivity contribution in [1.82, 2.24) is 9.62 Å². The van der Waals surface area contributed by atoms with E-state index in [4.69, 9.17) is 5.73 Å². The Kier molecular flexibility index (Phi) is 5.33. The molecule has 0 aliphatic carbocycles. The molecule has 0 radical (unpaired) electrons. The number of hydrogen-bond acceptors (Lipinski definition) is 4. The normalized spacial score (nSPS) is 19.3. The van der Waals surface area contributed by atoms with Crippen LogP contribution in [0.4, 0.5) is 0 Å². The first kappa shape index (κ1) is 15.9. The molecule has 1 aromatic carbocycles. The number of carbonyl (C=O) groups is 1. The zero-order chi connectivity index (χ0) is 15.3. The number of nitrogens with one attached hydrogen (secondary N) is 1. The van der Waals surface area contributed by atoms with Gasteiger partial charge in [0, 0.05) is 32.1 Å². The summed E-state index contributed by atoms with van der Waals surface area (Å²) in [6.07, 6.45) is 0.853. The molecule has 1 aliphatic heterocycles. The number of carbonyl (C=O) groups excluding carboxylic acids is 1. The molecule has 1 atom stereocenters. The predicted octanol–water partition coefficient (Wildman–Crippen LogP) is 0.228. The van der Waals surface area contributed by atoms with Gasteiger partial charge in [0.05, 0.1) is 5.75 Å². The number of benzene rings is 1. The Hall–Kier alpha value is -1.44. The van der Waals surface area contributed by atoms with Gasteiger partial charge in [-0.2, -0.15) is 0 Å². The Bertz CT molecular complexity index is 574. The van der Waals surface area contributed by atoms with Gasteiger partial charge in [0.25, 0.3) is 0 Å². The molecule has 1 heterocycles. The zero-order valence-electron chi connectivity index (χ0n) is 11.9. The highest BCUT2D eigenvalue weighted by molar-refractivity contribution is 7.89. The van der Waals surface area contributed by atoms with Crippen molar-refractivity contribution in [3.63, 3.8) is 0 Å². The zero-order valence-corrected chi connectivity index (χ0v) is 12.7. The largest absolute Gasteiger partial charge is 0.355 e. The maximum absolute atomic E-state index is 11.8. The number of nitrogens with zero attached hydrogens (tertiary/aromatic N) is 1. The van der Waals surface area contributed by atoms with Gasteiger partial charge in [0.1, 0.15) is 0 Å². The molecule has 0 spiro atoms. The van der Waals surface area contributed by atoms with Gasteiger partial charge in [0.2, 0.25) is 15.9 Å². The van der Waals surface area contributed by atoms with Crippen LogP contribution in [0, 0.1) is 0 Å². The third-order valence-electron chi connectivity index (χ3n) is 3.52. The Morgan fingerprint density at radius 2 is 2.05 bits per heavy atom. The standard InChI is InChI=1S/C14H21N3O3S/c15-13(12-5-2-1-3-6-12)11-14(18)16-7-9-17-8-4-10-21(17,19)20/h1-3,5-6,13H,4,7-11,15H2,(H,16,18). The average Bonchev–Trinajstić information content (AvgIpc) is 2.79. The summed E-state index contributed by atoms with van der Waals surface area (Å²) in [6.45, 7) is 1.19. The highest BCUT2D eigenvalue weighted by atomic mass is 32.2. The van der Waals surface area contributed by atoms with Crippen LogP contribution in [0.2, 0.25) is 0 Å². The minimum absolute atomic E-state index is 0.164. The van der Waals surface area contributed by atoms with Crippen molar-refractivity contribution in [3.05, 3.63) is 35.9 Å². The third-order valence-corrected chi connectivity index (χ3v) is 5.48. The Morgan fingerprint density at radius 3 is 2.67 bits per heavy atom. The number of sulfonamides is 1. The first-order valence-electron chi connectivity index (χ1n) is 7.04. The lowest BCUT2D eigenvalue weighted by atomic mass is 10.0. The van der Waals surface area contributed by atoms with Gasteiger partial charge in [-0.25, -0.2) is 12.7 Å². The minimum Gasteiger partial charge on any atom is -0.355 e. The molecular weight excluding hydrogens is 290 g/mol. The molecule has 1 aliphatic rings. The van der Waals surface area contributed by atoms with Crippen LogP contribution in [0.15, 0.2) is 30.3 Å². The second kappa shape index (κ2) is 7.02. The molecule has 0 aromatic heterocycles. The van der Waals surface area contributed by atoms with E-state index in [-0.39, 0.29) is 24.1 Å². The predicted molar refractivity (Wildman–Crippen MR) is 81.0 cm³/mol. The van der Waals surface area contributed by atoms with Crippen LogP contribution < -0.4 is 11.1 Å². The van der Waals surface area contributed by atoms with E-state index >= 15 is 0 Å². The number of rotatable bonds is 6. The van der Waals surface area contributed by atoms with E-state index < -0.39 is 10.0 Å². The molecule has 3 N–H and O–H groups in total. The monoisotopic (exact) mass is 311 g/mol. The lowest BCUT2D eigenvalue weighted by molar-refractivity contribution is -0.121. The Morgan fingerprint density at radius 1 is 1.33 bits per heavy atom. The molecule has 21 heavy (non-hydrogen) atoms. The van der Waals surface area contributed by atoms with Gasteiger partial charge in [-0.3, -0.25) is 4.79 Å². The van der Waals surface area contributed by atoms with Crippen molar-refractivity contribution in [2.75, 3.05) is 25.4 Å². The Balaban J connectivity index is 1.73. The SMILES string of the molecule is NC(CC(=O)NCCN1CCCS1(=O)=O)c1ccccc1. The van der Waals surface area contributed by atoms with Gasteiger partial charge in [-0.1, -0.05) is 30.3 Å². The van der Waals surface area contributed by atoms with Gasteiger partial charge >= 0.3 is 0 Å². The smallest absolute Gasteiger partial charge is 0.221 e. The summed E-state index contributed by atoms with van der Waals surface area (Å²) in [7, 11) is -3.09. The molecule has 7 heteroatoms. The molecule has 1 aromatic rings. The fourth-order valence-corrected chi connectivity index (χ4v) is 3.88. The second-order valence-electron chi connectivity index (χ2n) is 5.14. The van der Waals surface area contributed by atoms with Crippen molar-refractivity contribution in [1.29, 1.82) is 0 Å². The van der Waals surface area contributed by atoms with E-state index in [1.165, 1.54) is 4.31 Å². The first-order chi connectivity index (χ1) is 9.99. The molecule has 6 nitrogen and oxygen atoms in total. The van der Waals surface area contributed by atoms with Crippen LogP contribution in [-0.4, -0.2) is 44.0 Å². The van der Waals surface area contributed by atoms with Crippen LogP contribution in [0.3, 0.4) is 0 Å².